The number of nitrogens with two attached hydrogens (primary N) is 1. The van der Waals surface area contributed by atoms with Crippen molar-refractivity contribution in [3.8, 4) is 0 Å². The predicted molar refractivity (Wildman–Crippen MR) is 62.8 cm³/mol. The van der Waals surface area contributed by atoms with E-state index in [1.807, 2.05) is 13.0 Å². The Labute approximate surface area is 93.3 Å². The first-order valence-electron chi connectivity index (χ1n) is 5.51. The van der Waals surface area contributed by atoms with E-state index in [0.717, 1.165) is 16.6 Å². The van der Waals surface area contributed by atoms with Crippen LogP contribution in [0.2, 0.25) is 0 Å². The van der Waals surface area contributed by atoms with Crippen LogP contribution >= 0.6 is 0 Å². The number of pyridine rings is 1. The maximum absolute atomic E-state index is 13.3. The molecule has 1 aliphatic rings. The summed E-state index contributed by atoms with van der Waals surface area (Å²) in [5.41, 5.74) is 9.26. The van der Waals surface area contributed by atoms with Crippen LogP contribution in [0.4, 0.5) is 10.1 Å². The number of nitrogen functional groups attached to an aromatic ring is 1. The molecule has 3 heteroatoms. The molecular weight excluding hydrogens is 203 g/mol. The molecule has 0 atom stereocenters. The fraction of sp³-hybridized carbons (Fsp3) is 0.308. The van der Waals surface area contributed by atoms with Crippen molar-refractivity contribution in [2.45, 2.75) is 25.7 Å². The number of nitrogens with zero attached hydrogens (tertiary/aromatic N) is 1. The molecule has 1 heterocycles. The first-order chi connectivity index (χ1) is 7.65. The van der Waals surface area contributed by atoms with E-state index in [9.17, 15) is 4.39 Å². The molecule has 3 rings (SSSR count). The molecule has 0 unspecified atom stereocenters. The molecule has 0 bridgehead atoms. The van der Waals surface area contributed by atoms with Crippen molar-refractivity contribution in [1.82, 2.24) is 4.98 Å². The summed E-state index contributed by atoms with van der Waals surface area (Å²) in [5.74, 6) is 0.292. The number of fused-ring (bicyclic) bond motifs is 1. The number of hydrogen-bond acceptors (Lipinski definition) is 2. The zero-order valence-electron chi connectivity index (χ0n) is 9.13. The van der Waals surface area contributed by atoms with Gasteiger partial charge in [0, 0.05) is 28.8 Å². The summed E-state index contributed by atoms with van der Waals surface area (Å²) in [6, 6.07) is 4.90. The number of aryl methyl sites for hydroxylation is 1. The number of rotatable bonds is 1. The van der Waals surface area contributed by atoms with E-state index in [0.29, 0.717) is 17.1 Å². The van der Waals surface area contributed by atoms with E-state index in [-0.39, 0.29) is 5.82 Å². The molecule has 1 aromatic heterocycles. The van der Waals surface area contributed by atoms with Gasteiger partial charge in [-0.1, -0.05) is 0 Å². The van der Waals surface area contributed by atoms with E-state index < -0.39 is 0 Å². The Bertz CT molecular complexity index is 574. The lowest BCUT2D eigenvalue weighted by atomic mass is 10.1. The Morgan fingerprint density at radius 2 is 2.06 bits per heavy atom. The van der Waals surface area contributed by atoms with Gasteiger partial charge in [-0.05, 0) is 37.5 Å². The van der Waals surface area contributed by atoms with Gasteiger partial charge in [0.15, 0.2) is 0 Å². The van der Waals surface area contributed by atoms with Crippen molar-refractivity contribution in [3.63, 3.8) is 0 Å². The van der Waals surface area contributed by atoms with Gasteiger partial charge >= 0.3 is 0 Å². The van der Waals surface area contributed by atoms with E-state index in [1.54, 1.807) is 0 Å². The van der Waals surface area contributed by atoms with Gasteiger partial charge in [0.2, 0.25) is 0 Å². The quantitative estimate of drug-likeness (QED) is 0.795. The second-order valence-corrected chi connectivity index (χ2v) is 4.53. The van der Waals surface area contributed by atoms with Crippen LogP contribution < -0.4 is 5.73 Å². The summed E-state index contributed by atoms with van der Waals surface area (Å²) in [7, 11) is 0. The highest BCUT2D eigenvalue weighted by atomic mass is 19.1. The smallest absolute Gasteiger partial charge is 0.125 e. The van der Waals surface area contributed by atoms with E-state index in [4.69, 9.17) is 5.73 Å². The van der Waals surface area contributed by atoms with Crippen LogP contribution in [0.1, 0.15) is 30.0 Å². The third kappa shape index (κ3) is 1.43. The molecule has 82 valence electrons. The topological polar surface area (TPSA) is 38.9 Å². The van der Waals surface area contributed by atoms with Gasteiger partial charge < -0.3 is 5.73 Å². The van der Waals surface area contributed by atoms with Crippen LogP contribution in [-0.4, -0.2) is 4.98 Å². The highest BCUT2D eigenvalue weighted by molar-refractivity contribution is 5.93. The third-order valence-electron chi connectivity index (χ3n) is 3.12. The van der Waals surface area contributed by atoms with Crippen LogP contribution in [-0.2, 0) is 0 Å². The molecule has 2 nitrogen and oxygen atoms in total. The molecule has 0 spiro atoms. The number of hydrogen-bond donors (Lipinski definition) is 1. The molecule has 0 radical (unpaired) electrons. The van der Waals surface area contributed by atoms with Crippen molar-refractivity contribution in [1.29, 1.82) is 0 Å². The van der Waals surface area contributed by atoms with Crippen LogP contribution in [0.5, 0.6) is 0 Å². The first kappa shape index (κ1) is 9.58. The van der Waals surface area contributed by atoms with Crippen molar-refractivity contribution in [3.05, 3.63) is 35.3 Å². The SMILES string of the molecule is Cc1cc(F)cc2nc(C3CC3)cc(N)c12. The third-order valence-corrected chi connectivity index (χ3v) is 3.12. The monoisotopic (exact) mass is 216 g/mol. The molecule has 16 heavy (non-hydrogen) atoms. The normalized spacial score (nSPS) is 15.6. The Morgan fingerprint density at radius 1 is 1.31 bits per heavy atom. The fourth-order valence-corrected chi connectivity index (χ4v) is 2.18. The molecular formula is C13H13FN2. The molecule has 1 fully saturated rings. The van der Waals surface area contributed by atoms with Crippen LogP contribution in [0.25, 0.3) is 10.9 Å². The minimum absolute atomic E-state index is 0.246. The lowest BCUT2D eigenvalue weighted by molar-refractivity contribution is 0.628. The van der Waals surface area contributed by atoms with Crippen molar-refractivity contribution < 1.29 is 4.39 Å². The average Bonchev–Trinajstić information content (AvgIpc) is 2.97. The standard InChI is InChI=1S/C13H13FN2/c1-7-4-9(14)5-12-13(7)10(15)6-11(16-12)8-2-3-8/h4-6,8H,2-3H2,1H3,(H2,15,16). The predicted octanol–water partition coefficient (Wildman–Crippen LogP) is 3.14. The van der Waals surface area contributed by atoms with Gasteiger partial charge in [-0.3, -0.25) is 4.98 Å². The summed E-state index contributed by atoms with van der Waals surface area (Å²) < 4.78 is 13.3. The average molecular weight is 216 g/mol. The number of anilines is 1. The molecule has 2 N–H and O–H groups in total. The molecule has 1 aromatic carbocycles. The van der Waals surface area contributed by atoms with Crippen LogP contribution in [0.15, 0.2) is 18.2 Å². The van der Waals surface area contributed by atoms with Crippen LogP contribution in [0.3, 0.4) is 0 Å². The van der Waals surface area contributed by atoms with Gasteiger partial charge in [0.1, 0.15) is 5.82 Å². The van der Waals surface area contributed by atoms with Crippen molar-refractivity contribution in [2.24, 2.45) is 0 Å². The summed E-state index contributed by atoms with van der Waals surface area (Å²) in [5, 5.41) is 0.880. The highest BCUT2D eigenvalue weighted by Crippen LogP contribution is 2.41. The fourth-order valence-electron chi connectivity index (χ4n) is 2.18. The molecule has 2 aromatic rings. The number of halogens is 1. The maximum atomic E-state index is 13.3. The highest BCUT2D eigenvalue weighted by Gasteiger charge is 2.25. The molecule has 0 amide bonds. The summed E-state index contributed by atoms with van der Waals surface area (Å²) >= 11 is 0. The Balaban J connectivity index is 2.32. The van der Waals surface area contributed by atoms with Gasteiger partial charge in [-0.2, -0.15) is 0 Å². The minimum atomic E-state index is -0.246. The van der Waals surface area contributed by atoms with E-state index >= 15 is 0 Å². The largest absolute Gasteiger partial charge is 0.398 e. The lowest BCUT2D eigenvalue weighted by Gasteiger charge is -2.08. The summed E-state index contributed by atoms with van der Waals surface area (Å²) in [6.07, 6.45) is 2.35. The zero-order valence-corrected chi connectivity index (χ0v) is 9.13. The Kier molecular flexibility index (Phi) is 1.90. The second-order valence-electron chi connectivity index (χ2n) is 4.53. The molecule has 0 saturated heterocycles. The summed E-state index contributed by atoms with van der Waals surface area (Å²) in [4.78, 5) is 4.50. The van der Waals surface area contributed by atoms with Crippen molar-refractivity contribution >= 4 is 16.6 Å². The molecule has 1 saturated carbocycles. The zero-order chi connectivity index (χ0) is 11.3. The second kappa shape index (κ2) is 3.17. The molecule has 0 aliphatic heterocycles. The minimum Gasteiger partial charge on any atom is -0.398 e. The van der Waals surface area contributed by atoms with Crippen molar-refractivity contribution in [2.75, 3.05) is 5.73 Å². The van der Waals surface area contributed by atoms with Gasteiger partial charge in [0.25, 0.3) is 0 Å². The van der Waals surface area contributed by atoms with E-state index in [1.165, 1.54) is 25.0 Å². The number of aromatic nitrogens is 1. The van der Waals surface area contributed by atoms with E-state index in [2.05, 4.69) is 4.98 Å². The maximum Gasteiger partial charge on any atom is 0.125 e. The Hall–Kier alpha value is -1.64. The van der Waals surface area contributed by atoms with Crippen LogP contribution in [0, 0.1) is 12.7 Å². The van der Waals surface area contributed by atoms with Gasteiger partial charge in [-0.25, -0.2) is 4.39 Å². The summed E-state index contributed by atoms with van der Waals surface area (Å²) in [6.45, 7) is 1.86. The molecule has 1 aliphatic carbocycles. The number of benzene rings is 1. The van der Waals surface area contributed by atoms with Gasteiger partial charge in [0.05, 0.1) is 5.52 Å². The Morgan fingerprint density at radius 3 is 2.75 bits per heavy atom. The lowest BCUT2D eigenvalue weighted by Crippen LogP contribution is -1.97. The van der Waals surface area contributed by atoms with Gasteiger partial charge in [-0.15, -0.1) is 0 Å². The first-order valence-corrected chi connectivity index (χ1v) is 5.51.